The second-order valence-electron chi connectivity index (χ2n) is 8.19. The van der Waals surface area contributed by atoms with E-state index in [0.717, 1.165) is 0 Å². The van der Waals surface area contributed by atoms with Crippen LogP contribution < -0.4 is 0 Å². The number of carbonyl (C=O) groups excluding carboxylic acids is 2. The number of hydrogen-bond donors (Lipinski definition) is 0. The van der Waals surface area contributed by atoms with Gasteiger partial charge in [0.15, 0.2) is 11.6 Å². The lowest BCUT2D eigenvalue weighted by molar-refractivity contribution is 0.103. The summed E-state index contributed by atoms with van der Waals surface area (Å²) in [6, 6.07) is 30.1. The highest BCUT2D eigenvalue weighted by Crippen LogP contribution is 2.33. The molecule has 36 heavy (non-hydrogen) atoms. The first kappa shape index (κ1) is 23.0. The van der Waals surface area contributed by atoms with Crippen LogP contribution in [0.5, 0.6) is 0 Å². The van der Waals surface area contributed by atoms with Gasteiger partial charge in [0.1, 0.15) is 11.6 Å². The van der Waals surface area contributed by atoms with Gasteiger partial charge in [0.25, 0.3) is 0 Å². The molecular formula is C31H19F2NO2. The van der Waals surface area contributed by atoms with Crippen molar-refractivity contribution in [2.45, 2.75) is 0 Å². The normalized spacial score (nSPS) is 10.7. The minimum Gasteiger partial charge on any atom is -0.289 e. The van der Waals surface area contributed by atoms with E-state index in [4.69, 9.17) is 4.98 Å². The molecule has 0 unspecified atom stereocenters. The van der Waals surface area contributed by atoms with Crippen molar-refractivity contribution in [2.75, 3.05) is 0 Å². The topological polar surface area (TPSA) is 47.0 Å². The molecule has 0 bridgehead atoms. The first-order chi connectivity index (χ1) is 17.5. The van der Waals surface area contributed by atoms with E-state index < -0.39 is 11.6 Å². The Bertz CT molecular complexity index is 1470. The van der Waals surface area contributed by atoms with Crippen molar-refractivity contribution in [1.82, 2.24) is 4.98 Å². The fraction of sp³-hybridized carbons (Fsp3) is 0. The standard InChI is InChI=1S/C31H19F2NO2/c32-24-15-7-13-22(17-24)28-26(30(35)20-9-3-1-4-10-20)19-27(31(36)21-11-5-2-6-12-21)29(34-28)23-14-8-16-25(33)18-23/h1-19H. The molecule has 1 heterocycles. The zero-order chi connectivity index (χ0) is 25.1. The lowest BCUT2D eigenvalue weighted by Crippen LogP contribution is -2.12. The Balaban J connectivity index is 1.82. The van der Waals surface area contributed by atoms with Crippen molar-refractivity contribution >= 4 is 11.6 Å². The first-order valence-corrected chi connectivity index (χ1v) is 11.3. The highest BCUT2D eigenvalue weighted by atomic mass is 19.1. The lowest BCUT2D eigenvalue weighted by atomic mass is 9.91. The Hall–Kier alpha value is -4.77. The molecule has 0 N–H and O–H groups in total. The number of benzene rings is 4. The molecular weight excluding hydrogens is 456 g/mol. The molecule has 0 saturated carbocycles. The molecule has 3 nitrogen and oxygen atoms in total. The highest BCUT2D eigenvalue weighted by molar-refractivity contribution is 6.17. The summed E-state index contributed by atoms with van der Waals surface area (Å²) in [4.78, 5) is 32.0. The third-order valence-electron chi connectivity index (χ3n) is 5.78. The Labute approximate surface area is 206 Å². The van der Waals surface area contributed by atoms with E-state index in [-0.39, 0.29) is 34.1 Å². The van der Waals surface area contributed by atoms with Crippen LogP contribution in [-0.4, -0.2) is 16.6 Å². The zero-order valence-electron chi connectivity index (χ0n) is 19.0. The summed E-state index contributed by atoms with van der Waals surface area (Å²) < 4.78 is 28.4. The van der Waals surface area contributed by atoms with E-state index in [2.05, 4.69) is 0 Å². The molecule has 0 aliphatic carbocycles. The van der Waals surface area contributed by atoms with E-state index in [9.17, 15) is 18.4 Å². The van der Waals surface area contributed by atoms with Crippen LogP contribution in [0.3, 0.4) is 0 Å². The van der Waals surface area contributed by atoms with Gasteiger partial charge < -0.3 is 0 Å². The largest absolute Gasteiger partial charge is 0.289 e. The lowest BCUT2D eigenvalue weighted by Gasteiger charge is -2.16. The van der Waals surface area contributed by atoms with Crippen molar-refractivity contribution in [3.63, 3.8) is 0 Å². The van der Waals surface area contributed by atoms with Gasteiger partial charge in [-0.05, 0) is 30.3 Å². The molecule has 0 spiro atoms. The van der Waals surface area contributed by atoms with Gasteiger partial charge in [-0.2, -0.15) is 0 Å². The second kappa shape index (κ2) is 9.84. The second-order valence-corrected chi connectivity index (χ2v) is 8.19. The number of pyridine rings is 1. The molecule has 5 heteroatoms. The Morgan fingerprint density at radius 1 is 0.500 bits per heavy atom. The molecule has 0 amide bonds. The van der Waals surface area contributed by atoms with Crippen LogP contribution in [-0.2, 0) is 0 Å². The Kier molecular flexibility index (Phi) is 6.29. The van der Waals surface area contributed by atoms with Crippen molar-refractivity contribution in [3.05, 3.63) is 149 Å². The molecule has 5 rings (SSSR count). The van der Waals surface area contributed by atoms with Crippen LogP contribution in [0, 0.1) is 11.6 Å². The predicted molar refractivity (Wildman–Crippen MR) is 135 cm³/mol. The van der Waals surface area contributed by atoms with Crippen LogP contribution >= 0.6 is 0 Å². The molecule has 5 aromatic rings. The molecule has 0 radical (unpaired) electrons. The summed E-state index contributed by atoms with van der Waals surface area (Å²) in [5, 5.41) is 0. The van der Waals surface area contributed by atoms with Crippen molar-refractivity contribution in [2.24, 2.45) is 0 Å². The maximum Gasteiger partial charge on any atom is 0.195 e. The SMILES string of the molecule is O=C(c1ccccc1)c1cc(C(=O)c2ccccc2)c(-c2cccc(F)c2)nc1-c1cccc(F)c1. The monoisotopic (exact) mass is 475 g/mol. The number of rotatable bonds is 6. The fourth-order valence-electron chi connectivity index (χ4n) is 4.06. The summed E-state index contributed by atoms with van der Waals surface area (Å²) in [6.07, 6.45) is 0. The van der Waals surface area contributed by atoms with E-state index in [1.54, 1.807) is 72.8 Å². The maximum atomic E-state index is 14.2. The number of ketones is 2. The van der Waals surface area contributed by atoms with E-state index in [0.29, 0.717) is 22.3 Å². The number of halogens is 2. The van der Waals surface area contributed by atoms with Crippen molar-refractivity contribution < 1.29 is 18.4 Å². The predicted octanol–water partition coefficient (Wildman–Crippen LogP) is 7.16. The highest BCUT2D eigenvalue weighted by Gasteiger charge is 2.24. The quantitative estimate of drug-likeness (QED) is 0.245. The maximum absolute atomic E-state index is 14.2. The average Bonchev–Trinajstić information content (AvgIpc) is 2.92. The van der Waals surface area contributed by atoms with Crippen LogP contribution in [0.2, 0.25) is 0 Å². The van der Waals surface area contributed by atoms with Crippen LogP contribution in [0.1, 0.15) is 31.8 Å². The number of hydrogen-bond acceptors (Lipinski definition) is 3. The molecule has 174 valence electrons. The van der Waals surface area contributed by atoms with Gasteiger partial charge in [-0.1, -0.05) is 84.9 Å². The molecule has 0 saturated heterocycles. The first-order valence-electron chi connectivity index (χ1n) is 11.3. The molecule has 1 aromatic heterocycles. The summed E-state index contributed by atoms with van der Waals surface area (Å²) >= 11 is 0. The summed E-state index contributed by atoms with van der Waals surface area (Å²) in [5.41, 5.74) is 2.22. The van der Waals surface area contributed by atoms with Crippen molar-refractivity contribution in [1.29, 1.82) is 0 Å². The third-order valence-corrected chi connectivity index (χ3v) is 5.78. The molecule has 0 fully saturated rings. The van der Waals surface area contributed by atoms with Gasteiger partial charge in [0.05, 0.1) is 11.4 Å². The Morgan fingerprint density at radius 2 is 0.917 bits per heavy atom. The van der Waals surface area contributed by atoms with E-state index in [1.807, 2.05) is 0 Å². The Morgan fingerprint density at radius 3 is 1.31 bits per heavy atom. The summed E-state index contributed by atoms with van der Waals surface area (Å²) in [6.45, 7) is 0. The molecule has 4 aromatic carbocycles. The van der Waals surface area contributed by atoms with Gasteiger partial charge in [-0.15, -0.1) is 0 Å². The van der Waals surface area contributed by atoms with Crippen LogP contribution in [0.25, 0.3) is 22.5 Å². The van der Waals surface area contributed by atoms with Crippen LogP contribution in [0.15, 0.2) is 115 Å². The fourth-order valence-corrected chi connectivity index (χ4v) is 4.06. The number of carbonyl (C=O) groups is 2. The zero-order valence-corrected chi connectivity index (χ0v) is 19.0. The summed E-state index contributed by atoms with van der Waals surface area (Å²) in [5.74, 6) is -1.72. The van der Waals surface area contributed by atoms with Gasteiger partial charge in [0.2, 0.25) is 0 Å². The minimum absolute atomic E-state index is 0.145. The minimum atomic E-state index is -0.496. The van der Waals surface area contributed by atoms with Gasteiger partial charge in [-0.3, -0.25) is 9.59 Å². The van der Waals surface area contributed by atoms with E-state index >= 15 is 0 Å². The van der Waals surface area contributed by atoms with Gasteiger partial charge in [0, 0.05) is 33.4 Å². The van der Waals surface area contributed by atoms with E-state index in [1.165, 1.54) is 42.5 Å². The molecule has 0 aliphatic heterocycles. The molecule has 0 aliphatic rings. The number of nitrogens with zero attached hydrogens (tertiary/aromatic N) is 1. The van der Waals surface area contributed by atoms with Crippen LogP contribution in [0.4, 0.5) is 8.78 Å². The summed E-state index contributed by atoms with van der Waals surface area (Å²) in [7, 11) is 0. The number of aromatic nitrogens is 1. The van der Waals surface area contributed by atoms with Crippen molar-refractivity contribution in [3.8, 4) is 22.5 Å². The van der Waals surface area contributed by atoms with Gasteiger partial charge in [-0.25, -0.2) is 13.8 Å². The molecule has 0 atom stereocenters. The average molecular weight is 475 g/mol. The smallest absolute Gasteiger partial charge is 0.195 e. The third kappa shape index (κ3) is 4.59. The van der Waals surface area contributed by atoms with Gasteiger partial charge >= 0.3 is 0 Å².